The number of benzene rings is 1. The molecule has 0 aromatic heterocycles. The van der Waals surface area contributed by atoms with Crippen LogP contribution in [0.15, 0.2) is 24.3 Å². The van der Waals surface area contributed by atoms with Gasteiger partial charge in [0.2, 0.25) is 5.91 Å². The van der Waals surface area contributed by atoms with Gasteiger partial charge in [-0.25, -0.2) is 0 Å². The van der Waals surface area contributed by atoms with Gasteiger partial charge in [-0.1, -0.05) is 6.07 Å². The number of carbonyl (C=O) groups is 3. The van der Waals surface area contributed by atoms with Gasteiger partial charge >= 0.3 is 12.1 Å². The fourth-order valence-corrected chi connectivity index (χ4v) is 5.29. The van der Waals surface area contributed by atoms with Crippen LogP contribution < -0.4 is 5.32 Å². The molecule has 0 radical (unpaired) electrons. The maximum atomic E-state index is 13.2. The van der Waals surface area contributed by atoms with Gasteiger partial charge in [0.15, 0.2) is 0 Å². The van der Waals surface area contributed by atoms with E-state index in [1.54, 1.807) is 4.90 Å². The first-order chi connectivity index (χ1) is 16.4. The van der Waals surface area contributed by atoms with Crippen LogP contribution in [0.25, 0.3) is 0 Å². The average molecular weight is 498 g/mol. The SMILES string of the molecule is CC(C)N(C)C1CCC(N2CCC(NC(=O)c3cccc(C(F)(F)F)c3)C2=O)C(CCC(=O)O)C1. The summed E-state index contributed by atoms with van der Waals surface area (Å²) in [6, 6.07) is 3.85. The number of likely N-dealkylation sites (tertiary alicyclic amines) is 1. The molecule has 35 heavy (non-hydrogen) atoms. The third-order valence-corrected chi connectivity index (χ3v) is 7.43. The van der Waals surface area contributed by atoms with Crippen molar-refractivity contribution in [2.75, 3.05) is 13.6 Å². The molecule has 3 rings (SSSR count). The minimum Gasteiger partial charge on any atom is -0.481 e. The molecule has 7 nitrogen and oxygen atoms in total. The van der Waals surface area contributed by atoms with E-state index in [0.29, 0.717) is 31.5 Å². The van der Waals surface area contributed by atoms with Crippen LogP contribution in [0.4, 0.5) is 13.2 Å². The lowest BCUT2D eigenvalue weighted by molar-refractivity contribution is -0.138. The molecule has 4 atom stereocenters. The highest BCUT2D eigenvalue weighted by atomic mass is 19.4. The molecule has 0 bridgehead atoms. The Kier molecular flexibility index (Phi) is 8.46. The van der Waals surface area contributed by atoms with Crippen molar-refractivity contribution in [2.24, 2.45) is 5.92 Å². The number of hydrogen-bond acceptors (Lipinski definition) is 4. The van der Waals surface area contributed by atoms with E-state index in [9.17, 15) is 32.7 Å². The summed E-state index contributed by atoms with van der Waals surface area (Å²) >= 11 is 0. The summed E-state index contributed by atoms with van der Waals surface area (Å²) in [5.41, 5.74) is -1.07. The molecule has 4 unspecified atom stereocenters. The molecule has 1 aliphatic heterocycles. The van der Waals surface area contributed by atoms with Gasteiger partial charge in [0.05, 0.1) is 5.56 Å². The summed E-state index contributed by atoms with van der Waals surface area (Å²) < 4.78 is 39.0. The Hall–Kier alpha value is -2.62. The van der Waals surface area contributed by atoms with Gasteiger partial charge in [-0.15, -0.1) is 0 Å². The van der Waals surface area contributed by atoms with Crippen molar-refractivity contribution in [3.63, 3.8) is 0 Å². The lowest BCUT2D eigenvalue weighted by Gasteiger charge is -2.44. The molecule has 2 amide bonds. The molecule has 1 heterocycles. The van der Waals surface area contributed by atoms with Crippen LogP contribution in [0.3, 0.4) is 0 Å². The molecule has 1 aromatic rings. The van der Waals surface area contributed by atoms with Crippen molar-refractivity contribution >= 4 is 17.8 Å². The van der Waals surface area contributed by atoms with Crippen molar-refractivity contribution in [3.05, 3.63) is 35.4 Å². The van der Waals surface area contributed by atoms with E-state index in [4.69, 9.17) is 0 Å². The molecule has 2 N–H and O–H groups in total. The van der Waals surface area contributed by atoms with Crippen LogP contribution in [-0.4, -0.2) is 70.4 Å². The first kappa shape index (κ1) is 27.0. The number of nitrogens with zero attached hydrogens (tertiary/aromatic N) is 2. The first-order valence-electron chi connectivity index (χ1n) is 12.1. The number of carboxylic acids is 1. The second-order valence-electron chi connectivity index (χ2n) is 9.91. The normalized spacial score (nSPS) is 25.4. The lowest BCUT2D eigenvalue weighted by Crippen LogP contribution is -2.51. The molecule has 194 valence electrons. The summed E-state index contributed by atoms with van der Waals surface area (Å²) in [5, 5.41) is 11.8. The fourth-order valence-electron chi connectivity index (χ4n) is 5.29. The van der Waals surface area contributed by atoms with Gasteiger partial charge in [0.25, 0.3) is 5.91 Å². The lowest BCUT2D eigenvalue weighted by atomic mass is 9.77. The van der Waals surface area contributed by atoms with Gasteiger partial charge < -0.3 is 20.2 Å². The molecule has 1 aliphatic carbocycles. The second kappa shape index (κ2) is 11.0. The smallest absolute Gasteiger partial charge is 0.416 e. The highest BCUT2D eigenvalue weighted by Gasteiger charge is 2.43. The fraction of sp³-hybridized carbons (Fsp3) is 0.640. The van der Waals surface area contributed by atoms with E-state index in [1.165, 1.54) is 12.1 Å². The molecule has 10 heteroatoms. The minimum absolute atomic E-state index is 0.0212. The van der Waals surface area contributed by atoms with Gasteiger partial charge in [0, 0.05) is 36.7 Å². The van der Waals surface area contributed by atoms with Crippen LogP contribution in [0.5, 0.6) is 0 Å². The van der Waals surface area contributed by atoms with Crippen molar-refractivity contribution in [1.82, 2.24) is 15.1 Å². The highest BCUT2D eigenvalue weighted by Crippen LogP contribution is 2.36. The average Bonchev–Trinajstić information content (AvgIpc) is 3.16. The van der Waals surface area contributed by atoms with Crippen LogP contribution in [-0.2, 0) is 15.8 Å². The number of aliphatic carboxylic acids is 1. The zero-order chi connectivity index (χ0) is 25.9. The van der Waals surface area contributed by atoms with Crippen LogP contribution in [0.2, 0.25) is 0 Å². The zero-order valence-corrected chi connectivity index (χ0v) is 20.3. The predicted octanol–water partition coefficient (Wildman–Crippen LogP) is 3.78. The van der Waals surface area contributed by atoms with E-state index < -0.39 is 29.7 Å². The summed E-state index contributed by atoms with van der Waals surface area (Å²) in [4.78, 5) is 41.1. The van der Waals surface area contributed by atoms with E-state index in [2.05, 4.69) is 31.1 Å². The van der Waals surface area contributed by atoms with Crippen LogP contribution in [0, 0.1) is 5.92 Å². The summed E-state index contributed by atoms with van der Waals surface area (Å²) in [5.74, 6) is -1.83. The monoisotopic (exact) mass is 497 g/mol. The standard InChI is InChI=1S/C25H34F3N3O4/c1-15(2)30(3)19-8-9-21(16(14-19)7-10-22(32)33)31-12-11-20(24(31)35)29-23(34)17-5-4-6-18(13-17)25(26,27)28/h4-6,13,15-16,19-21H,7-12,14H2,1-3H3,(H,29,34)(H,32,33). The van der Waals surface area contributed by atoms with Crippen LogP contribution >= 0.6 is 0 Å². The zero-order valence-electron chi connectivity index (χ0n) is 20.3. The Morgan fingerprint density at radius 1 is 1.23 bits per heavy atom. The minimum atomic E-state index is -4.57. The van der Waals surface area contributed by atoms with Crippen molar-refractivity contribution in [2.45, 2.75) is 82.7 Å². The van der Waals surface area contributed by atoms with E-state index in [1.807, 2.05) is 0 Å². The Labute approximate surface area is 203 Å². The number of rotatable bonds is 8. The largest absolute Gasteiger partial charge is 0.481 e. The maximum Gasteiger partial charge on any atom is 0.416 e. The van der Waals surface area contributed by atoms with Crippen molar-refractivity contribution in [1.29, 1.82) is 0 Å². The molecule has 0 spiro atoms. The number of hydrogen-bond donors (Lipinski definition) is 2. The third-order valence-electron chi connectivity index (χ3n) is 7.43. The topological polar surface area (TPSA) is 90.0 Å². The summed E-state index contributed by atoms with van der Waals surface area (Å²) in [6.45, 7) is 4.64. The van der Waals surface area contributed by atoms with Gasteiger partial charge in [0.1, 0.15) is 6.04 Å². The van der Waals surface area contributed by atoms with Crippen molar-refractivity contribution < 1.29 is 32.7 Å². The number of carboxylic acid groups (broad SMARTS) is 1. The number of amides is 2. The van der Waals surface area contributed by atoms with Gasteiger partial charge in [-0.3, -0.25) is 14.4 Å². The molecule has 2 aliphatic rings. The molecular formula is C25H34F3N3O4. The quantitative estimate of drug-likeness (QED) is 0.571. The highest BCUT2D eigenvalue weighted by molar-refractivity contribution is 5.98. The Morgan fingerprint density at radius 2 is 1.94 bits per heavy atom. The third kappa shape index (κ3) is 6.54. The van der Waals surface area contributed by atoms with Crippen molar-refractivity contribution in [3.8, 4) is 0 Å². The summed E-state index contributed by atoms with van der Waals surface area (Å²) in [6.07, 6.45) is -1.30. The Morgan fingerprint density at radius 3 is 2.57 bits per heavy atom. The second-order valence-corrected chi connectivity index (χ2v) is 9.91. The van der Waals surface area contributed by atoms with E-state index in [-0.39, 0.29) is 29.9 Å². The number of halogens is 3. The number of nitrogens with one attached hydrogen (secondary N) is 1. The Balaban J connectivity index is 1.69. The number of alkyl halides is 3. The van der Waals surface area contributed by atoms with E-state index >= 15 is 0 Å². The molecule has 1 aromatic carbocycles. The van der Waals surface area contributed by atoms with E-state index in [0.717, 1.165) is 31.4 Å². The van der Waals surface area contributed by atoms with Crippen LogP contribution in [0.1, 0.15) is 68.3 Å². The predicted molar refractivity (Wildman–Crippen MR) is 124 cm³/mol. The molecule has 1 saturated carbocycles. The Bertz CT molecular complexity index is 937. The van der Waals surface area contributed by atoms with Gasteiger partial charge in [-0.2, -0.15) is 13.2 Å². The van der Waals surface area contributed by atoms with Gasteiger partial charge in [-0.05, 0) is 77.1 Å². The number of carbonyl (C=O) groups excluding carboxylic acids is 2. The molecule has 1 saturated heterocycles. The first-order valence-corrected chi connectivity index (χ1v) is 12.1. The molecular weight excluding hydrogens is 463 g/mol. The molecule has 2 fully saturated rings. The summed E-state index contributed by atoms with van der Waals surface area (Å²) in [7, 11) is 2.06. The maximum absolute atomic E-state index is 13.2.